The monoisotopic (exact) mass is 342 g/mol. The molecule has 0 saturated carbocycles. The van der Waals surface area contributed by atoms with Gasteiger partial charge in [0.25, 0.3) is 0 Å². The lowest BCUT2D eigenvalue weighted by molar-refractivity contribution is -0.361. The third kappa shape index (κ3) is 3.65. The normalized spacial score (nSPS) is 51.7. The summed E-state index contributed by atoms with van der Waals surface area (Å²) in [6.07, 6.45) is -15.6. The van der Waals surface area contributed by atoms with E-state index in [4.69, 9.17) is 24.4 Å². The van der Waals surface area contributed by atoms with Gasteiger partial charge in [0.1, 0.15) is 48.8 Å². The summed E-state index contributed by atoms with van der Waals surface area (Å²) in [4.78, 5) is 0. The molecule has 8 N–H and O–H groups in total. The standard InChI is InChI=1S/C12H22O11/c13-1-3-6(16)8(18)10(11(20)21-3)23-12-9(19)7(17)5(15)4(2-14)22-12/h3-20H,1-2H2/t3-,4+,5+,6+,7-,8-,9-,10-,11+,12+/m0/s1. The van der Waals surface area contributed by atoms with Crippen molar-refractivity contribution in [1.29, 1.82) is 0 Å². The molecular formula is C12H22O11. The van der Waals surface area contributed by atoms with Gasteiger partial charge in [-0.3, -0.25) is 0 Å². The Kier molecular flexibility index (Phi) is 6.27. The lowest BCUT2D eigenvalue weighted by Crippen LogP contribution is -2.64. The molecule has 0 radical (unpaired) electrons. The van der Waals surface area contributed by atoms with Gasteiger partial charge in [-0.15, -0.1) is 0 Å². The molecule has 2 rings (SSSR count). The van der Waals surface area contributed by atoms with Gasteiger partial charge in [-0.1, -0.05) is 0 Å². The summed E-state index contributed by atoms with van der Waals surface area (Å²) in [6.45, 7) is -1.33. The zero-order valence-electron chi connectivity index (χ0n) is 12.0. The first-order chi connectivity index (χ1) is 10.8. The first kappa shape index (κ1) is 18.9. The molecule has 0 aromatic carbocycles. The lowest BCUT2D eigenvalue weighted by atomic mass is 9.97. The zero-order chi connectivity index (χ0) is 17.3. The number of hydrogen-bond acceptors (Lipinski definition) is 11. The first-order valence-corrected chi connectivity index (χ1v) is 7.08. The summed E-state index contributed by atoms with van der Waals surface area (Å²) < 4.78 is 15.1. The van der Waals surface area contributed by atoms with E-state index in [0.29, 0.717) is 0 Å². The van der Waals surface area contributed by atoms with Gasteiger partial charge in [-0.2, -0.15) is 0 Å². The molecule has 0 aliphatic carbocycles. The van der Waals surface area contributed by atoms with E-state index in [1.54, 1.807) is 0 Å². The molecule has 0 bridgehead atoms. The minimum atomic E-state index is -1.75. The summed E-state index contributed by atoms with van der Waals surface area (Å²) in [5.74, 6) is 0. The quantitative estimate of drug-likeness (QED) is 0.243. The molecule has 2 aliphatic rings. The zero-order valence-corrected chi connectivity index (χ0v) is 12.0. The van der Waals surface area contributed by atoms with E-state index >= 15 is 0 Å². The van der Waals surface area contributed by atoms with Crippen LogP contribution in [0.2, 0.25) is 0 Å². The van der Waals surface area contributed by atoms with Crippen molar-refractivity contribution in [2.24, 2.45) is 0 Å². The second-order valence-electron chi connectivity index (χ2n) is 5.53. The molecule has 10 atom stereocenters. The summed E-state index contributed by atoms with van der Waals surface area (Å²) in [5, 5.41) is 76.7. The van der Waals surface area contributed by atoms with Crippen molar-refractivity contribution in [2.45, 2.75) is 61.4 Å². The lowest BCUT2D eigenvalue weighted by Gasteiger charge is -2.44. The van der Waals surface area contributed by atoms with Crippen molar-refractivity contribution in [3.8, 4) is 0 Å². The predicted octanol–water partition coefficient (Wildman–Crippen LogP) is -5.40. The van der Waals surface area contributed by atoms with E-state index in [0.717, 1.165) is 0 Å². The molecule has 2 fully saturated rings. The Labute approximate surface area is 130 Å². The molecule has 0 unspecified atom stereocenters. The second kappa shape index (κ2) is 7.63. The van der Waals surface area contributed by atoms with E-state index in [9.17, 15) is 30.6 Å². The van der Waals surface area contributed by atoms with E-state index in [1.165, 1.54) is 0 Å². The fraction of sp³-hybridized carbons (Fsp3) is 1.00. The highest BCUT2D eigenvalue weighted by Gasteiger charge is 2.50. The second-order valence-corrected chi connectivity index (χ2v) is 5.53. The van der Waals surface area contributed by atoms with Gasteiger partial charge in [-0.05, 0) is 0 Å². The Bertz CT molecular complexity index is 380. The number of aliphatic hydroxyl groups excluding tert-OH is 8. The molecule has 136 valence electrons. The van der Waals surface area contributed by atoms with Gasteiger partial charge >= 0.3 is 0 Å². The fourth-order valence-electron chi connectivity index (χ4n) is 2.55. The Hall–Kier alpha value is -0.440. The highest BCUT2D eigenvalue weighted by molar-refractivity contribution is 4.93. The third-order valence-corrected chi connectivity index (χ3v) is 3.98. The van der Waals surface area contributed by atoms with Gasteiger partial charge in [-0.25, -0.2) is 0 Å². The van der Waals surface area contributed by atoms with Crippen molar-refractivity contribution in [1.82, 2.24) is 0 Å². The number of aliphatic hydroxyl groups is 8. The SMILES string of the molecule is OC[C@@H]1O[C@@H](O)[C@@H](O[C@H]2O[C@H](CO)[C@@H](O)[C@H](O)[C@@H]2O)[C@@H](O)[C@@H]1O. The Morgan fingerprint density at radius 1 is 0.652 bits per heavy atom. The topological polar surface area (TPSA) is 190 Å². The molecule has 0 aromatic heterocycles. The molecular weight excluding hydrogens is 320 g/mol. The van der Waals surface area contributed by atoms with Crippen LogP contribution in [0.1, 0.15) is 0 Å². The molecule has 2 aliphatic heterocycles. The average molecular weight is 342 g/mol. The van der Waals surface area contributed by atoms with E-state index in [-0.39, 0.29) is 0 Å². The maximum atomic E-state index is 9.94. The van der Waals surface area contributed by atoms with Gasteiger partial charge in [0, 0.05) is 0 Å². The van der Waals surface area contributed by atoms with Crippen LogP contribution in [0.3, 0.4) is 0 Å². The molecule has 0 spiro atoms. The summed E-state index contributed by atoms with van der Waals surface area (Å²) in [6, 6.07) is 0. The van der Waals surface area contributed by atoms with E-state index in [1.807, 2.05) is 0 Å². The van der Waals surface area contributed by atoms with Gasteiger partial charge in [0.2, 0.25) is 0 Å². The van der Waals surface area contributed by atoms with Crippen LogP contribution in [0.15, 0.2) is 0 Å². The molecule has 23 heavy (non-hydrogen) atoms. The van der Waals surface area contributed by atoms with Crippen LogP contribution < -0.4 is 0 Å². The van der Waals surface area contributed by atoms with Crippen molar-refractivity contribution < 1.29 is 55.1 Å². The highest BCUT2D eigenvalue weighted by Crippen LogP contribution is 2.28. The first-order valence-electron chi connectivity index (χ1n) is 7.08. The van der Waals surface area contributed by atoms with Gasteiger partial charge in [0.05, 0.1) is 13.2 Å². The van der Waals surface area contributed by atoms with Crippen molar-refractivity contribution in [3.05, 3.63) is 0 Å². The average Bonchev–Trinajstić information content (AvgIpc) is 2.54. The molecule has 0 aromatic rings. The van der Waals surface area contributed by atoms with Gasteiger partial charge in [0.15, 0.2) is 12.6 Å². The van der Waals surface area contributed by atoms with Crippen molar-refractivity contribution >= 4 is 0 Å². The van der Waals surface area contributed by atoms with E-state index in [2.05, 4.69) is 0 Å². The number of ether oxygens (including phenoxy) is 3. The highest BCUT2D eigenvalue weighted by atomic mass is 16.7. The molecule has 0 amide bonds. The Balaban J connectivity index is 2.08. The summed E-state index contributed by atoms with van der Waals surface area (Å²) in [7, 11) is 0. The largest absolute Gasteiger partial charge is 0.394 e. The Morgan fingerprint density at radius 2 is 1.17 bits per heavy atom. The Morgan fingerprint density at radius 3 is 1.74 bits per heavy atom. The number of rotatable bonds is 4. The minimum Gasteiger partial charge on any atom is -0.394 e. The molecule has 11 heteroatoms. The van der Waals surface area contributed by atoms with Crippen LogP contribution in [0.25, 0.3) is 0 Å². The molecule has 11 nitrogen and oxygen atoms in total. The molecule has 2 heterocycles. The predicted molar refractivity (Wildman–Crippen MR) is 68.6 cm³/mol. The van der Waals surface area contributed by atoms with Crippen LogP contribution in [-0.4, -0.2) is 115 Å². The van der Waals surface area contributed by atoms with Gasteiger partial charge < -0.3 is 55.1 Å². The van der Waals surface area contributed by atoms with Crippen LogP contribution in [-0.2, 0) is 14.2 Å². The van der Waals surface area contributed by atoms with Crippen LogP contribution in [0.5, 0.6) is 0 Å². The minimum absolute atomic E-state index is 0.651. The third-order valence-electron chi connectivity index (χ3n) is 3.98. The van der Waals surface area contributed by atoms with Crippen molar-refractivity contribution in [2.75, 3.05) is 13.2 Å². The fourth-order valence-corrected chi connectivity index (χ4v) is 2.55. The van der Waals surface area contributed by atoms with Crippen LogP contribution in [0.4, 0.5) is 0 Å². The molecule has 2 saturated heterocycles. The van der Waals surface area contributed by atoms with Crippen LogP contribution in [0, 0.1) is 0 Å². The van der Waals surface area contributed by atoms with Crippen molar-refractivity contribution in [3.63, 3.8) is 0 Å². The van der Waals surface area contributed by atoms with E-state index < -0.39 is 74.6 Å². The summed E-state index contributed by atoms with van der Waals surface area (Å²) in [5.41, 5.74) is 0. The summed E-state index contributed by atoms with van der Waals surface area (Å²) >= 11 is 0. The smallest absolute Gasteiger partial charge is 0.187 e. The maximum Gasteiger partial charge on any atom is 0.187 e. The van der Waals surface area contributed by atoms with Crippen LogP contribution >= 0.6 is 0 Å². The number of hydrogen-bond donors (Lipinski definition) is 8. The maximum absolute atomic E-state index is 9.94.